The van der Waals surface area contributed by atoms with E-state index in [9.17, 15) is 13.6 Å². The summed E-state index contributed by atoms with van der Waals surface area (Å²) in [6.07, 6.45) is 18.0. The molecule has 0 bridgehead atoms. The number of rotatable bonds is 8. The maximum Gasteiger partial charge on any atom is 0.338 e. The molecule has 212 valence electrons. The number of carbonyl (C=O) groups is 1. The van der Waals surface area contributed by atoms with Gasteiger partial charge in [-0.3, -0.25) is 0 Å². The molecule has 0 radical (unpaired) electrons. The smallest absolute Gasteiger partial charge is 0.338 e. The summed E-state index contributed by atoms with van der Waals surface area (Å²) in [6.45, 7) is 10.2. The van der Waals surface area contributed by atoms with Crippen LogP contribution in [0.1, 0.15) is 122 Å². The number of hydrogen-bond acceptors (Lipinski definition) is 2. The Morgan fingerprint density at radius 3 is 2.39 bits per heavy atom. The van der Waals surface area contributed by atoms with E-state index in [0.717, 1.165) is 66.5 Å². The van der Waals surface area contributed by atoms with Crippen LogP contribution in [0.3, 0.4) is 0 Å². The summed E-state index contributed by atoms with van der Waals surface area (Å²) in [5.74, 6) is 3.49. The Kier molecular flexibility index (Phi) is 8.28. The largest absolute Gasteiger partial charge is 0.462 e. The van der Waals surface area contributed by atoms with Gasteiger partial charge in [0.15, 0.2) is 0 Å². The number of hydrogen-bond donors (Lipinski definition) is 0. The Hall–Kier alpha value is -1.45. The predicted octanol–water partition coefficient (Wildman–Crippen LogP) is 9.61. The molecule has 38 heavy (non-hydrogen) atoms. The molecule has 4 aliphatic rings. The SMILES string of the molecule is CC(CCC[C@@H](C)[C@H]1CC[C@H]2[C@@H]3CCC4CCCC[C@]4(C)[C@H]3CC[C@]12C)COC(=O)c1cc(F)cc(F)c1. The highest BCUT2D eigenvalue weighted by Gasteiger charge is 2.60. The Morgan fingerprint density at radius 2 is 1.63 bits per heavy atom. The van der Waals surface area contributed by atoms with Gasteiger partial charge in [0.1, 0.15) is 11.6 Å². The van der Waals surface area contributed by atoms with Crippen molar-refractivity contribution in [2.45, 2.75) is 111 Å². The topological polar surface area (TPSA) is 26.3 Å². The van der Waals surface area contributed by atoms with Gasteiger partial charge in [0.25, 0.3) is 0 Å². The van der Waals surface area contributed by atoms with Gasteiger partial charge in [-0.05, 0) is 122 Å². The Morgan fingerprint density at radius 1 is 0.895 bits per heavy atom. The maximum absolute atomic E-state index is 13.4. The third-order valence-corrected chi connectivity index (χ3v) is 12.3. The van der Waals surface area contributed by atoms with Gasteiger partial charge in [-0.2, -0.15) is 0 Å². The second-order valence-corrected chi connectivity index (χ2v) is 14.4. The lowest BCUT2D eigenvalue weighted by Gasteiger charge is -2.61. The van der Waals surface area contributed by atoms with Crippen LogP contribution >= 0.6 is 0 Å². The second-order valence-electron chi connectivity index (χ2n) is 14.4. The van der Waals surface area contributed by atoms with Crippen molar-refractivity contribution in [3.05, 3.63) is 35.4 Å². The van der Waals surface area contributed by atoms with Gasteiger partial charge in [0.2, 0.25) is 0 Å². The molecule has 0 heterocycles. The first-order valence-corrected chi connectivity index (χ1v) is 15.7. The standard InChI is InChI=1S/C34H50F2O2/c1-22(21-38-32(37)24-18-26(35)20-27(36)19-24)8-7-9-23(2)29-13-14-30-28-12-11-25-10-5-6-16-33(25,3)31(28)15-17-34(29,30)4/h18-20,22-23,25,28-31H,5-17,21H2,1-4H3/t22?,23-,25?,28+,29-,30+,31+,33+,34-/m1/s1. The summed E-state index contributed by atoms with van der Waals surface area (Å²) in [4.78, 5) is 12.2. The van der Waals surface area contributed by atoms with Crippen LogP contribution in [0.5, 0.6) is 0 Å². The minimum atomic E-state index is -0.758. The van der Waals surface area contributed by atoms with E-state index in [2.05, 4.69) is 27.7 Å². The van der Waals surface area contributed by atoms with Gasteiger partial charge in [0, 0.05) is 6.07 Å². The molecule has 1 aromatic rings. The Labute approximate surface area is 229 Å². The summed E-state index contributed by atoms with van der Waals surface area (Å²) < 4.78 is 32.2. The van der Waals surface area contributed by atoms with Crippen LogP contribution in [0.25, 0.3) is 0 Å². The Balaban J connectivity index is 1.10. The van der Waals surface area contributed by atoms with Crippen LogP contribution in [0.4, 0.5) is 8.78 Å². The van der Waals surface area contributed by atoms with Crippen molar-refractivity contribution < 1.29 is 18.3 Å². The molecule has 4 saturated carbocycles. The lowest BCUT2D eigenvalue weighted by Crippen LogP contribution is -2.53. The zero-order chi connectivity index (χ0) is 27.1. The van der Waals surface area contributed by atoms with Crippen LogP contribution < -0.4 is 0 Å². The molecule has 4 heteroatoms. The molecule has 9 atom stereocenters. The van der Waals surface area contributed by atoms with Gasteiger partial charge in [-0.1, -0.05) is 53.4 Å². The van der Waals surface area contributed by atoms with Gasteiger partial charge < -0.3 is 4.74 Å². The minimum absolute atomic E-state index is 0.0620. The highest BCUT2D eigenvalue weighted by atomic mass is 19.1. The van der Waals surface area contributed by atoms with Crippen molar-refractivity contribution in [1.29, 1.82) is 0 Å². The fourth-order valence-electron chi connectivity index (χ4n) is 10.3. The average molecular weight is 529 g/mol. The highest BCUT2D eigenvalue weighted by Crippen LogP contribution is 2.68. The number of carbonyl (C=O) groups excluding carboxylic acids is 1. The van der Waals surface area contributed by atoms with Crippen LogP contribution in [0.2, 0.25) is 0 Å². The van der Waals surface area contributed by atoms with Gasteiger partial charge >= 0.3 is 5.97 Å². The van der Waals surface area contributed by atoms with Gasteiger partial charge in [-0.15, -0.1) is 0 Å². The van der Waals surface area contributed by atoms with Crippen LogP contribution in [0, 0.1) is 63.9 Å². The molecule has 4 fully saturated rings. The normalized spacial score (nSPS) is 38.0. The molecule has 0 spiro atoms. The van der Waals surface area contributed by atoms with E-state index in [4.69, 9.17) is 4.74 Å². The number of halogens is 2. The molecule has 0 saturated heterocycles. The van der Waals surface area contributed by atoms with E-state index in [1.54, 1.807) is 0 Å². The second kappa shape index (κ2) is 11.2. The van der Waals surface area contributed by atoms with Crippen molar-refractivity contribution in [3.63, 3.8) is 0 Å². The first-order valence-electron chi connectivity index (χ1n) is 15.7. The van der Waals surface area contributed by atoms with E-state index in [-0.39, 0.29) is 18.1 Å². The van der Waals surface area contributed by atoms with Gasteiger partial charge in [-0.25, -0.2) is 13.6 Å². The lowest BCUT2D eigenvalue weighted by atomic mass is 9.44. The number of fused-ring (bicyclic) bond motifs is 5. The van der Waals surface area contributed by atoms with Crippen molar-refractivity contribution in [1.82, 2.24) is 0 Å². The summed E-state index contributed by atoms with van der Waals surface area (Å²) in [5, 5.41) is 0. The number of esters is 1. The minimum Gasteiger partial charge on any atom is -0.462 e. The lowest BCUT2D eigenvalue weighted by molar-refractivity contribution is -0.114. The Bertz CT molecular complexity index is 972. The number of ether oxygens (including phenoxy) is 1. The first kappa shape index (κ1) is 28.1. The zero-order valence-corrected chi connectivity index (χ0v) is 24.2. The summed E-state index contributed by atoms with van der Waals surface area (Å²) >= 11 is 0. The van der Waals surface area contributed by atoms with E-state index in [1.807, 2.05) is 0 Å². The molecular weight excluding hydrogens is 478 g/mol. The zero-order valence-electron chi connectivity index (χ0n) is 24.2. The fraction of sp³-hybridized carbons (Fsp3) is 0.794. The van der Waals surface area contributed by atoms with E-state index >= 15 is 0 Å². The van der Waals surface area contributed by atoms with E-state index in [0.29, 0.717) is 10.8 Å². The third kappa shape index (κ3) is 5.31. The quantitative estimate of drug-likeness (QED) is 0.314. The molecule has 0 amide bonds. The predicted molar refractivity (Wildman–Crippen MR) is 149 cm³/mol. The van der Waals surface area contributed by atoms with Crippen LogP contribution in [-0.4, -0.2) is 12.6 Å². The molecule has 2 nitrogen and oxygen atoms in total. The molecule has 0 aliphatic heterocycles. The summed E-state index contributed by atoms with van der Waals surface area (Å²) in [5.41, 5.74) is 1.07. The van der Waals surface area contributed by atoms with E-state index in [1.165, 1.54) is 70.6 Å². The summed E-state index contributed by atoms with van der Waals surface area (Å²) in [7, 11) is 0. The molecule has 2 unspecified atom stereocenters. The maximum atomic E-state index is 13.4. The summed E-state index contributed by atoms with van der Waals surface area (Å²) in [6, 6.07) is 2.82. The average Bonchev–Trinajstić information content (AvgIpc) is 3.23. The molecule has 5 rings (SSSR count). The fourth-order valence-corrected chi connectivity index (χ4v) is 10.3. The van der Waals surface area contributed by atoms with Crippen molar-refractivity contribution in [2.24, 2.45) is 52.3 Å². The molecule has 0 aromatic heterocycles. The van der Waals surface area contributed by atoms with Crippen molar-refractivity contribution in [3.8, 4) is 0 Å². The first-order chi connectivity index (χ1) is 18.1. The van der Waals surface area contributed by atoms with Gasteiger partial charge in [0.05, 0.1) is 12.2 Å². The number of benzene rings is 1. The molecule has 4 aliphatic carbocycles. The highest BCUT2D eigenvalue weighted by molar-refractivity contribution is 5.89. The molecule has 0 N–H and O–H groups in total. The van der Waals surface area contributed by atoms with Crippen LogP contribution in [0.15, 0.2) is 18.2 Å². The monoisotopic (exact) mass is 528 g/mol. The third-order valence-electron chi connectivity index (χ3n) is 12.3. The van der Waals surface area contributed by atoms with Crippen molar-refractivity contribution in [2.75, 3.05) is 6.61 Å². The molecular formula is C34H50F2O2. The van der Waals surface area contributed by atoms with Crippen molar-refractivity contribution >= 4 is 5.97 Å². The van der Waals surface area contributed by atoms with Crippen LogP contribution in [-0.2, 0) is 4.74 Å². The molecule has 1 aromatic carbocycles. The van der Waals surface area contributed by atoms with E-state index < -0.39 is 17.6 Å².